The molecule has 0 fully saturated rings. The summed E-state index contributed by atoms with van der Waals surface area (Å²) in [6.45, 7) is 6.75. The number of benzene rings is 2. The van der Waals surface area contributed by atoms with Crippen LogP contribution < -0.4 is 5.32 Å². The Morgan fingerprint density at radius 2 is 1.67 bits per heavy atom. The molecule has 0 unspecified atom stereocenters. The van der Waals surface area contributed by atoms with E-state index in [4.69, 9.17) is 16.3 Å². The van der Waals surface area contributed by atoms with Gasteiger partial charge in [-0.05, 0) is 69.7 Å². The number of rotatable bonds is 5. The van der Waals surface area contributed by atoms with Gasteiger partial charge in [-0.25, -0.2) is 4.79 Å². The molecule has 1 amide bonds. The summed E-state index contributed by atoms with van der Waals surface area (Å²) >= 11 is 5.88. The molecule has 0 aliphatic rings. The molecule has 27 heavy (non-hydrogen) atoms. The molecule has 1 N–H and O–H groups in total. The third kappa shape index (κ3) is 6.22. The number of hydrogen-bond acceptors (Lipinski definition) is 4. The zero-order chi connectivity index (χ0) is 20.2. The molecule has 0 saturated heterocycles. The molecule has 0 saturated carbocycles. The zero-order valence-electron chi connectivity index (χ0n) is 15.8. The van der Waals surface area contributed by atoms with Crippen LogP contribution in [0.25, 0.3) is 0 Å². The van der Waals surface area contributed by atoms with Crippen molar-refractivity contribution in [1.29, 1.82) is 0 Å². The first-order valence-corrected chi connectivity index (χ1v) is 8.85. The van der Waals surface area contributed by atoms with E-state index in [0.717, 1.165) is 0 Å². The van der Waals surface area contributed by atoms with Crippen LogP contribution >= 0.6 is 11.6 Å². The summed E-state index contributed by atoms with van der Waals surface area (Å²) in [5.74, 6) is -0.316. The average Bonchev–Trinajstić information content (AvgIpc) is 2.54. The highest BCUT2D eigenvalue weighted by molar-refractivity contribution is 6.30. The van der Waals surface area contributed by atoms with Gasteiger partial charge in [0.15, 0.2) is 5.78 Å². The summed E-state index contributed by atoms with van der Waals surface area (Å²) in [5.41, 5.74) is 1.16. The van der Waals surface area contributed by atoms with Crippen LogP contribution in [-0.4, -0.2) is 23.3 Å². The van der Waals surface area contributed by atoms with E-state index in [0.29, 0.717) is 27.4 Å². The molecule has 6 heteroatoms. The molecule has 0 aliphatic heterocycles. The molecule has 2 rings (SSSR count). The lowest BCUT2D eigenvalue weighted by atomic mass is 9.95. The first kappa shape index (κ1) is 20.6. The van der Waals surface area contributed by atoms with Gasteiger partial charge in [-0.1, -0.05) is 17.7 Å². The number of Topliss-reactive ketones (excluding diaryl/α,β-unsaturated/α-hetero) is 1. The molecule has 0 heterocycles. The van der Waals surface area contributed by atoms with Gasteiger partial charge in [0.1, 0.15) is 11.4 Å². The van der Waals surface area contributed by atoms with Crippen LogP contribution in [0.1, 0.15) is 49.2 Å². The van der Waals surface area contributed by atoms with E-state index in [1.807, 2.05) is 0 Å². The Morgan fingerprint density at radius 3 is 2.22 bits per heavy atom. The molecule has 0 spiro atoms. The monoisotopic (exact) mass is 387 g/mol. The van der Waals surface area contributed by atoms with E-state index >= 15 is 0 Å². The molecule has 5 nitrogen and oxygen atoms in total. The standard InChI is InChI=1S/C21H22ClNO4/c1-13(24)11-15-7-10-17(23-20(26)27-21(2,3)4)12-18(15)19(25)14-5-8-16(22)9-6-14/h5-10,12H,11H2,1-4H3,(H,23,26). The quantitative estimate of drug-likeness (QED) is 0.728. The second-order valence-corrected chi connectivity index (χ2v) is 7.65. The van der Waals surface area contributed by atoms with Gasteiger partial charge in [0.2, 0.25) is 0 Å². The molecule has 0 bridgehead atoms. The maximum atomic E-state index is 12.9. The Kier molecular flexibility index (Phi) is 6.39. The molecule has 2 aromatic carbocycles. The SMILES string of the molecule is CC(=O)Cc1ccc(NC(=O)OC(C)(C)C)cc1C(=O)c1ccc(Cl)cc1. The van der Waals surface area contributed by atoms with Crippen molar-refractivity contribution in [2.75, 3.05) is 5.32 Å². The van der Waals surface area contributed by atoms with E-state index in [9.17, 15) is 14.4 Å². The van der Waals surface area contributed by atoms with Crippen LogP contribution in [0.15, 0.2) is 42.5 Å². The van der Waals surface area contributed by atoms with Crippen molar-refractivity contribution >= 4 is 34.9 Å². The van der Waals surface area contributed by atoms with Crippen molar-refractivity contribution in [2.45, 2.75) is 39.7 Å². The van der Waals surface area contributed by atoms with E-state index < -0.39 is 11.7 Å². The number of ether oxygens (including phenoxy) is 1. The number of carbonyl (C=O) groups is 3. The Hall–Kier alpha value is -2.66. The fraction of sp³-hybridized carbons (Fsp3) is 0.286. The van der Waals surface area contributed by atoms with Crippen molar-refractivity contribution in [1.82, 2.24) is 0 Å². The highest BCUT2D eigenvalue weighted by Gasteiger charge is 2.19. The molecular formula is C21H22ClNO4. The minimum absolute atomic E-state index is 0.0620. The second-order valence-electron chi connectivity index (χ2n) is 7.21. The van der Waals surface area contributed by atoms with Gasteiger partial charge in [-0.3, -0.25) is 14.9 Å². The van der Waals surface area contributed by atoms with Gasteiger partial charge < -0.3 is 4.74 Å². The largest absolute Gasteiger partial charge is 0.444 e. The van der Waals surface area contributed by atoms with Gasteiger partial charge in [0.05, 0.1) is 0 Å². The fourth-order valence-electron chi connectivity index (χ4n) is 2.47. The number of halogens is 1. The van der Waals surface area contributed by atoms with E-state index in [1.165, 1.54) is 6.92 Å². The van der Waals surface area contributed by atoms with Crippen LogP contribution in [0.4, 0.5) is 10.5 Å². The van der Waals surface area contributed by atoms with Crippen LogP contribution in [0.2, 0.25) is 5.02 Å². The van der Waals surface area contributed by atoms with Gasteiger partial charge in [0, 0.05) is 28.3 Å². The Labute approximate surface area is 163 Å². The summed E-state index contributed by atoms with van der Waals surface area (Å²) in [7, 11) is 0. The number of anilines is 1. The summed E-state index contributed by atoms with van der Waals surface area (Å²) in [4.78, 5) is 36.5. The summed E-state index contributed by atoms with van der Waals surface area (Å²) in [6.07, 6.45) is -0.492. The minimum atomic E-state index is -0.638. The van der Waals surface area contributed by atoms with Crippen LogP contribution in [-0.2, 0) is 16.0 Å². The maximum Gasteiger partial charge on any atom is 0.412 e. The molecule has 2 aromatic rings. The smallest absolute Gasteiger partial charge is 0.412 e. The average molecular weight is 388 g/mol. The molecule has 0 aromatic heterocycles. The van der Waals surface area contributed by atoms with Crippen LogP contribution in [0.3, 0.4) is 0 Å². The first-order chi connectivity index (χ1) is 12.5. The summed E-state index contributed by atoms with van der Waals surface area (Å²) in [6, 6.07) is 11.4. The number of hydrogen-bond donors (Lipinski definition) is 1. The molecular weight excluding hydrogens is 366 g/mol. The predicted octanol–water partition coefficient (Wildman–Crippen LogP) is 5.05. The normalized spacial score (nSPS) is 11.0. The van der Waals surface area contributed by atoms with E-state index in [-0.39, 0.29) is 18.0 Å². The van der Waals surface area contributed by atoms with Crippen molar-refractivity contribution in [3.63, 3.8) is 0 Å². The number of ketones is 2. The van der Waals surface area contributed by atoms with Crippen molar-refractivity contribution < 1.29 is 19.1 Å². The van der Waals surface area contributed by atoms with Gasteiger partial charge in [0.25, 0.3) is 0 Å². The number of amides is 1. The molecule has 0 atom stereocenters. The lowest BCUT2D eigenvalue weighted by molar-refractivity contribution is -0.116. The Balaban J connectivity index is 2.36. The molecule has 0 aliphatic carbocycles. The van der Waals surface area contributed by atoms with Gasteiger partial charge in [-0.2, -0.15) is 0 Å². The van der Waals surface area contributed by atoms with Gasteiger partial charge >= 0.3 is 6.09 Å². The maximum absolute atomic E-state index is 12.9. The van der Waals surface area contributed by atoms with Crippen LogP contribution in [0, 0.1) is 0 Å². The lowest BCUT2D eigenvalue weighted by Crippen LogP contribution is -2.27. The lowest BCUT2D eigenvalue weighted by Gasteiger charge is -2.20. The molecule has 0 radical (unpaired) electrons. The van der Waals surface area contributed by atoms with E-state index in [1.54, 1.807) is 63.2 Å². The van der Waals surface area contributed by atoms with Crippen molar-refractivity contribution in [2.24, 2.45) is 0 Å². The number of carbonyl (C=O) groups excluding carboxylic acids is 3. The van der Waals surface area contributed by atoms with Crippen molar-refractivity contribution in [3.8, 4) is 0 Å². The summed E-state index contributed by atoms with van der Waals surface area (Å²) < 4.78 is 5.23. The third-order valence-electron chi connectivity index (χ3n) is 3.55. The summed E-state index contributed by atoms with van der Waals surface area (Å²) in [5, 5.41) is 3.14. The first-order valence-electron chi connectivity index (χ1n) is 8.48. The van der Waals surface area contributed by atoms with E-state index in [2.05, 4.69) is 5.32 Å². The van der Waals surface area contributed by atoms with Gasteiger partial charge in [-0.15, -0.1) is 0 Å². The molecule has 142 valence electrons. The van der Waals surface area contributed by atoms with Crippen LogP contribution in [0.5, 0.6) is 0 Å². The second kappa shape index (κ2) is 8.35. The predicted molar refractivity (Wildman–Crippen MR) is 106 cm³/mol. The minimum Gasteiger partial charge on any atom is -0.444 e. The van der Waals surface area contributed by atoms with Crippen molar-refractivity contribution in [3.05, 3.63) is 64.2 Å². The zero-order valence-corrected chi connectivity index (χ0v) is 16.5. The Morgan fingerprint density at radius 1 is 1.04 bits per heavy atom. The topological polar surface area (TPSA) is 72.5 Å². The highest BCUT2D eigenvalue weighted by Crippen LogP contribution is 2.22. The number of nitrogens with one attached hydrogen (secondary N) is 1. The Bertz CT molecular complexity index is 867. The third-order valence-corrected chi connectivity index (χ3v) is 3.80. The fourth-order valence-corrected chi connectivity index (χ4v) is 2.59. The highest BCUT2D eigenvalue weighted by atomic mass is 35.5.